The Hall–Kier alpha value is -3.14. The first-order chi connectivity index (χ1) is 18.7. The molecule has 2 atom stereocenters. The van der Waals surface area contributed by atoms with Crippen LogP contribution in [0.5, 0.6) is 5.75 Å². The fourth-order valence-electron chi connectivity index (χ4n) is 5.34. The molecule has 1 heterocycles. The minimum atomic E-state index is -5.02. The molecule has 2 saturated carbocycles. The Kier molecular flexibility index (Phi) is 7.84. The average molecular weight is 549 g/mol. The molecular formula is C29H32F4N2O4. The Bertz CT molecular complexity index is 1160. The summed E-state index contributed by atoms with van der Waals surface area (Å²) in [5.41, 5.74) is 0.0516. The van der Waals surface area contributed by atoms with Crippen LogP contribution in [0.4, 0.5) is 17.6 Å². The summed E-state index contributed by atoms with van der Waals surface area (Å²) in [6, 6.07) is 14.5. The Morgan fingerprint density at radius 3 is 2.31 bits per heavy atom. The highest BCUT2D eigenvalue weighted by Gasteiger charge is 2.54. The van der Waals surface area contributed by atoms with E-state index >= 15 is 0 Å². The molecule has 210 valence electrons. The number of likely N-dealkylation sites (tertiary alicyclic amines) is 1. The molecule has 6 nitrogen and oxygen atoms in total. The van der Waals surface area contributed by atoms with Gasteiger partial charge in [-0.15, -0.1) is 0 Å². The van der Waals surface area contributed by atoms with E-state index in [-0.39, 0.29) is 43.4 Å². The molecule has 1 amide bonds. The quantitative estimate of drug-likeness (QED) is 0.304. The van der Waals surface area contributed by atoms with Gasteiger partial charge in [0, 0.05) is 37.0 Å². The highest BCUT2D eigenvalue weighted by molar-refractivity contribution is 5.82. The third kappa shape index (κ3) is 6.72. The van der Waals surface area contributed by atoms with Crippen LogP contribution in [-0.4, -0.2) is 66.9 Å². The second kappa shape index (κ2) is 11.2. The maximum atomic E-state index is 14.3. The number of nitrogens with zero attached hydrogens (tertiary/aromatic N) is 2. The highest BCUT2D eigenvalue weighted by Crippen LogP contribution is 2.48. The lowest BCUT2D eigenvalue weighted by atomic mass is 9.78. The summed E-state index contributed by atoms with van der Waals surface area (Å²) in [6.45, 7) is 0.791. The highest BCUT2D eigenvalue weighted by atomic mass is 19.4. The van der Waals surface area contributed by atoms with Gasteiger partial charge in [0.1, 0.15) is 6.73 Å². The first kappa shape index (κ1) is 27.4. The van der Waals surface area contributed by atoms with Gasteiger partial charge in [0.2, 0.25) is 0 Å². The second-order valence-electron chi connectivity index (χ2n) is 11.0. The van der Waals surface area contributed by atoms with Gasteiger partial charge in [-0.1, -0.05) is 42.5 Å². The maximum Gasteiger partial charge on any atom is 0.471 e. The van der Waals surface area contributed by atoms with Crippen molar-refractivity contribution in [2.45, 2.75) is 50.2 Å². The van der Waals surface area contributed by atoms with Crippen LogP contribution in [0.2, 0.25) is 0 Å². The fraction of sp³-hybridized carbons (Fsp3) is 0.517. The number of carbonyl (C=O) groups excluding carboxylic acids is 2. The molecule has 3 fully saturated rings. The predicted molar refractivity (Wildman–Crippen MR) is 134 cm³/mol. The number of alkyl halides is 3. The zero-order valence-corrected chi connectivity index (χ0v) is 21.5. The Morgan fingerprint density at radius 1 is 1.00 bits per heavy atom. The van der Waals surface area contributed by atoms with E-state index < -0.39 is 29.4 Å². The van der Waals surface area contributed by atoms with Crippen LogP contribution in [0.3, 0.4) is 0 Å². The molecule has 1 saturated heterocycles. The molecule has 2 aromatic carbocycles. The number of amides is 1. The maximum absolute atomic E-state index is 14.3. The van der Waals surface area contributed by atoms with Crippen LogP contribution in [0.15, 0.2) is 54.6 Å². The number of hydrogen-bond acceptors (Lipinski definition) is 5. The normalized spacial score (nSPS) is 22.7. The zero-order valence-electron chi connectivity index (χ0n) is 21.5. The van der Waals surface area contributed by atoms with Crippen molar-refractivity contribution in [1.29, 1.82) is 0 Å². The number of para-hydroxylation sites is 1. The molecule has 5 rings (SSSR count). The molecule has 0 N–H and O–H groups in total. The topological polar surface area (TPSA) is 59.1 Å². The van der Waals surface area contributed by atoms with Gasteiger partial charge in [0.15, 0.2) is 11.6 Å². The predicted octanol–water partition coefficient (Wildman–Crippen LogP) is 5.14. The van der Waals surface area contributed by atoms with Crippen LogP contribution < -0.4 is 4.74 Å². The van der Waals surface area contributed by atoms with Gasteiger partial charge in [-0.25, -0.2) is 4.39 Å². The van der Waals surface area contributed by atoms with Gasteiger partial charge >= 0.3 is 18.1 Å². The van der Waals surface area contributed by atoms with Crippen molar-refractivity contribution in [2.24, 2.45) is 11.3 Å². The van der Waals surface area contributed by atoms with E-state index in [1.165, 1.54) is 18.2 Å². The molecule has 0 aromatic heterocycles. The van der Waals surface area contributed by atoms with Crippen LogP contribution >= 0.6 is 0 Å². The zero-order chi connectivity index (χ0) is 27.6. The van der Waals surface area contributed by atoms with Gasteiger partial charge in [-0.2, -0.15) is 13.2 Å². The Balaban J connectivity index is 1.33. The van der Waals surface area contributed by atoms with Crippen LogP contribution in [0.25, 0.3) is 0 Å². The van der Waals surface area contributed by atoms with Gasteiger partial charge in [0.25, 0.3) is 0 Å². The molecular weight excluding hydrogens is 516 g/mol. The van der Waals surface area contributed by atoms with Gasteiger partial charge in [-0.3, -0.25) is 14.5 Å². The molecule has 1 aliphatic heterocycles. The molecule has 0 radical (unpaired) electrons. The van der Waals surface area contributed by atoms with Crippen molar-refractivity contribution in [3.05, 3.63) is 66.0 Å². The van der Waals surface area contributed by atoms with E-state index in [4.69, 9.17) is 9.47 Å². The number of hydrogen-bond donors (Lipinski definition) is 0. The summed E-state index contributed by atoms with van der Waals surface area (Å²) < 4.78 is 66.9. The van der Waals surface area contributed by atoms with Crippen molar-refractivity contribution >= 4 is 11.9 Å². The summed E-state index contributed by atoms with van der Waals surface area (Å²) >= 11 is 0. The third-order valence-corrected chi connectivity index (χ3v) is 7.98. The van der Waals surface area contributed by atoms with E-state index in [0.29, 0.717) is 32.4 Å². The van der Waals surface area contributed by atoms with Crippen LogP contribution in [0.1, 0.15) is 43.6 Å². The van der Waals surface area contributed by atoms with Gasteiger partial charge in [0.05, 0.1) is 12.5 Å². The first-order valence-electron chi connectivity index (χ1n) is 13.3. The van der Waals surface area contributed by atoms with E-state index in [1.807, 2.05) is 35.2 Å². The smallest absolute Gasteiger partial charge is 0.471 e. The lowest BCUT2D eigenvalue weighted by Gasteiger charge is -2.44. The van der Waals surface area contributed by atoms with Crippen molar-refractivity contribution in [3.63, 3.8) is 0 Å². The molecule has 3 aliphatic rings. The lowest BCUT2D eigenvalue weighted by Crippen LogP contribution is -2.53. The van der Waals surface area contributed by atoms with Crippen LogP contribution in [0, 0.1) is 17.2 Å². The largest absolute Gasteiger partial charge is 0.490 e. The number of benzene rings is 2. The molecule has 2 aliphatic carbocycles. The first-order valence-corrected chi connectivity index (χ1v) is 13.3. The van der Waals surface area contributed by atoms with E-state index in [2.05, 4.69) is 0 Å². The minimum absolute atomic E-state index is 0.0138. The van der Waals surface area contributed by atoms with Crippen molar-refractivity contribution in [2.75, 3.05) is 33.0 Å². The number of esters is 1. The van der Waals surface area contributed by atoms with Crippen molar-refractivity contribution < 1.29 is 36.6 Å². The summed E-state index contributed by atoms with van der Waals surface area (Å²) in [5.74, 6) is -2.84. The fourth-order valence-corrected chi connectivity index (χ4v) is 5.34. The number of ether oxygens (including phenoxy) is 2. The number of piperidine rings is 1. The number of halogens is 4. The molecule has 2 aromatic rings. The summed E-state index contributed by atoms with van der Waals surface area (Å²) in [5, 5.41) is 0. The molecule has 0 spiro atoms. The Morgan fingerprint density at radius 2 is 1.67 bits per heavy atom. The SMILES string of the molecule is O=C(OCN1CCC(COc2ccccc2F)(CN(C(=O)C(F)(F)F)[C@@H]2C[C@H]2c2ccccc2)CC1)C1CC1. The summed E-state index contributed by atoms with van der Waals surface area (Å²) in [4.78, 5) is 27.6. The number of rotatable bonds is 10. The monoisotopic (exact) mass is 548 g/mol. The summed E-state index contributed by atoms with van der Waals surface area (Å²) in [7, 11) is 0. The molecule has 10 heteroatoms. The minimum Gasteiger partial charge on any atom is -0.490 e. The van der Waals surface area contributed by atoms with Gasteiger partial charge < -0.3 is 14.4 Å². The van der Waals surface area contributed by atoms with Crippen molar-refractivity contribution in [3.8, 4) is 5.75 Å². The van der Waals surface area contributed by atoms with E-state index in [9.17, 15) is 27.2 Å². The standard InChI is InChI=1S/C29H32F4N2O4/c30-23-8-4-5-9-25(23)38-18-28(12-14-34(15-13-28)19-39-26(36)21-10-11-21)17-35(27(37)29(31,32)33)24-16-22(24)20-6-2-1-3-7-20/h1-9,21-22,24H,10-19H2/t22-,24+/m0/s1. The average Bonchev–Trinajstić information content (AvgIpc) is 3.85. The second-order valence-corrected chi connectivity index (χ2v) is 11.0. The van der Waals surface area contributed by atoms with Crippen molar-refractivity contribution in [1.82, 2.24) is 9.80 Å². The van der Waals surface area contributed by atoms with Gasteiger partial charge in [-0.05, 0) is 49.8 Å². The summed E-state index contributed by atoms with van der Waals surface area (Å²) in [6.07, 6.45) is -2.11. The van der Waals surface area contributed by atoms with Crippen LogP contribution in [-0.2, 0) is 14.3 Å². The molecule has 0 bridgehead atoms. The molecule has 0 unspecified atom stereocenters. The van der Waals surface area contributed by atoms with E-state index in [0.717, 1.165) is 23.3 Å². The lowest BCUT2D eigenvalue weighted by molar-refractivity contribution is -0.188. The Labute approximate surface area is 224 Å². The third-order valence-electron chi connectivity index (χ3n) is 7.98. The van der Waals surface area contributed by atoms with E-state index in [1.54, 1.807) is 6.07 Å². The number of carbonyl (C=O) groups is 2. The molecule has 39 heavy (non-hydrogen) atoms.